The Balaban J connectivity index is 0.000000319. The second-order valence-electron chi connectivity index (χ2n) is 16.2. The van der Waals surface area contributed by atoms with Crippen LogP contribution in [-0.2, 0) is 37.7 Å². The molecule has 3 aromatic carbocycles. The summed E-state index contributed by atoms with van der Waals surface area (Å²) in [6.07, 6.45) is 0.788. The summed E-state index contributed by atoms with van der Waals surface area (Å²) in [5.74, 6) is -0.146. The van der Waals surface area contributed by atoms with Crippen LogP contribution >= 0.6 is 0 Å². The Hall–Kier alpha value is -3.22. The normalized spacial score (nSPS) is 13.6. The predicted octanol–water partition coefficient (Wildman–Crippen LogP) is 12.9. The number of alkyl halides is 3. The van der Waals surface area contributed by atoms with Gasteiger partial charge >= 0.3 is 6.18 Å². The Labute approximate surface area is 315 Å². The number of benzene rings is 3. The van der Waals surface area contributed by atoms with Crippen molar-refractivity contribution in [3.63, 3.8) is 0 Å². The van der Waals surface area contributed by atoms with E-state index in [0.29, 0.717) is 12.8 Å². The molecule has 1 N–H and O–H groups in total. The Morgan fingerprint density at radius 3 is 2.12 bits per heavy atom. The van der Waals surface area contributed by atoms with Gasteiger partial charge in [-0.25, -0.2) is 0 Å². The summed E-state index contributed by atoms with van der Waals surface area (Å²) < 4.78 is 43.5. The molecular weight excluding hydrogens is 828 g/mol. The number of aryl methyl sites for hydroxylation is 1. The zero-order chi connectivity index (χ0) is 37.2. The molecule has 4 aromatic rings. The van der Waals surface area contributed by atoms with Gasteiger partial charge in [-0.1, -0.05) is 103 Å². The average molecular weight is 881 g/mol. The van der Waals surface area contributed by atoms with Gasteiger partial charge in [0, 0.05) is 55.3 Å². The SMILES string of the molecule is CCC(CC)C(=O)/C=C(\O)C(CC)CC(F)(F)F.Cc1ccc2c(CC(C)(C)C)c3c([c-]c2c1)-c1nccc2cc(CC(C)(C)C)cc(c12)O3.[Ir]. The molecule has 8 heteroatoms. The molecule has 0 amide bonds. The summed E-state index contributed by atoms with van der Waals surface area (Å²) in [5.41, 5.74) is 6.12. The quantitative estimate of drug-likeness (QED) is 0.0910. The van der Waals surface area contributed by atoms with E-state index in [1.54, 1.807) is 6.92 Å². The van der Waals surface area contributed by atoms with Crippen molar-refractivity contribution in [3.8, 4) is 22.8 Å². The number of allylic oxidation sites excluding steroid dienone is 2. The number of nitrogens with zero attached hydrogens (tertiary/aromatic N) is 1. The van der Waals surface area contributed by atoms with Gasteiger partial charge in [0.05, 0.1) is 17.9 Å². The molecule has 1 unspecified atom stereocenters. The number of aliphatic hydroxyl groups is 1. The summed E-state index contributed by atoms with van der Waals surface area (Å²) in [5, 5.41) is 14.3. The number of carbonyl (C=O) groups excluding carboxylic acids is 1. The monoisotopic (exact) mass is 881 g/mol. The van der Waals surface area contributed by atoms with E-state index in [9.17, 15) is 23.1 Å². The maximum absolute atomic E-state index is 12.3. The summed E-state index contributed by atoms with van der Waals surface area (Å²) in [6, 6.07) is 16.9. The number of hydrogen-bond donors (Lipinski definition) is 1. The van der Waals surface area contributed by atoms with E-state index in [0.717, 1.165) is 52.4 Å². The smallest absolute Gasteiger partial charge is 0.389 e. The first kappa shape index (κ1) is 42.2. The van der Waals surface area contributed by atoms with Crippen molar-refractivity contribution >= 4 is 27.3 Å². The molecule has 51 heavy (non-hydrogen) atoms. The van der Waals surface area contributed by atoms with Gasteiger partial charge in [0.2, 0.25) is 0 Å². The molecule has 4 nitrogen and oxygen atoms in total. The van der Waals surface area contributed by atoms with Crippen LogP contribution in [-0.4, -0.2) is 22.1 Å². The number of carbonyl (C=O) groups is 1. The zero-order valence-electron chi connectivity index (χ0n) is 31.7. The fraction of sp³-hybridized carbons (Fsp3) is 0.488. The molecule has 5 rings (SSSR count). The van der Waals surface area contributed by atoms with E-state index < -0.39 is 24.3 Å². The number of hydrogen-bond acceptors (Lipinski definition) is 4. The molecule has 1 atom stereocenters. The van der Waals surface area contributed by atoms with E-state index in [4.69, 9.17) is 9.72 Å². The number of fused-ring (bicyclic) bond motifs is 3. The van der Waals surface area contributed by atoms with Crippen LogP contribution in [0.4, 0.5) is 13.2 Å². The summed E-state index contributed by atoms with van der Waals surface area (Å²) in [6.45, 7) is 21.1. The number of halogens is 3. The molecular formula is C43H53F3IrNO3-. The summed E-state index contributed by atoms with van der Waals surface area (Å²) in [7, 11) is 0. The molecule has 1 aliphatic heterocycles. The fourth-order valence-corrected chi connectivity index (χ4v) is 6.72. The number of rotatable bonds is 9. The minimum atomic E-state index is -4.33. The first-order valence-electron chi connectivity index (χ1n) is 17.8. The Morgan fingerprint density at radius 1 is 0.922 bits per heavy atom. The third kappa shape index (κ3) is 10.9. The van der Waals surface area contributed by atoms with Crippen molar-refractivity contribution in [2.45, 2.75) is 114 Å². The van der Waals surface area contributed by atoms with Gasteiger partial charge in [-0.3, -0.25) is 9.78 Å². The van der Waals surface area contributed by atoms with Crippen molar-refractivity contribution < 1.29 is 47.9 Å². The molecule has 1 aliphatic rings. The topological polar surface area (TPSA) is 59.4 Å². The Kier molecular flexibility index (Phi) is 13.8. The van der Waals surface area contributed by atoms with Gasteiger partial charge in [0.15, 0.2) is 5.78 Å². The van der Waals surface area contributed by atoms with Gasteiger partial charge in [-0.05, 0) is 72.9 Å². The number of aromatic nitrogens is 1. The van der Waals surface area contributed by atoms with Crippen LogP contribution in [0.3, 0.4) is 0 Å². The van der Waals surface area contributed by atoms with Crippen LogP contribution < -0.4 is 4.74 Å². The molecule has 1 aromatic heterocycles. The van der Waals surface area contributed by atoms with Gasteiger partial charge < -0.3 is 9.84 Å². The van der Waals surface area contributed by atoms with Gasteiger partial charge in [-0.2, -0.15) is 13.2 Å². The second-order valence-corrected chi connectivity index (χ2v) is 16.2. The molecule has 279 valence electrons. The Bertz CT molecular complexity index is 1880. The van der Waals surface area contributed by atoms with E-state index in [-0.39, 0.29) is 49.1 Å². The van der Waals surface area contributed by atoms with Crippen LogP contribution in [0.5, 0.6) is 11.5 Å². The molecule has 2 heterocycles. The molecule has 0 bridgehead atoms. The Morgan fingerprint density at radius 2 is 1.55 bits per heavy atom. The van der Waals surface area contributed by atoms with E-state index in [2.05, 4.69) is 90.9 Å². The molecule has 0 saturated carbocycles. The van der Waals surface area contributed by atoms with E-state index in [1.165, 1.54) is 27.5 Å². The van der Waals surface area contributed by atoms with Crippen molar-refractivity contribution in [2.24, 2.45) is 22.7 Å². The minimum Gasteiger partial charge on any atom is -0.512 e. The standard InChI is InChI=1S/C30H32NO.C13H21F3O2.Ir/c1-18-8-9-22-21(12-18)15-23-27-26-20(10-11-31-27)13-19(16-29(2,3)4)14-25(26)32-28(23)24(22)17-30(5,6)7;1-4-9(5-2)11(17)7-12(18)10(6-3)8-13(14,15)16;/h8-14H,16-17H2,1-7H3;7,9-10,18H,4-6,8H2,1-3H3;/q-1;;/b;12-7-;. The van der Waals surface area contributed by atoms with Crippen molar-refractivity contribution in [1.29, 1.82) is 0 Å². The molecule has 0 saturated heterocycles. The third-order valence-electron chi connectivity index (χ3n) is 9.11. The van der Waals surface area contributed by atoms with Gasteiger partial charge in [-0.15, -0.1) is 17.5 Å². The largest absolute Gasteiger partial charge is 0.512 e. The van der Waals surface area contributed by atoms with Crippen LogP contribution in [0.2, 0.25) is 0 Å². The molecule has 1 radical (unpaired) electrons. The van der Waals surface area contributed by atoms with Crippen LogP contribution in [0.15, 0.2) is 54.4 Å². The second kappa shape index (κ2) is 16.6. The van der Waals surface area contributed by atoms with Crippen LogP contribution in [0.1, 0.15) is 105 Å². The fourth-order valence-electron chi connectivity index (χ4n) is 6.72. The maximum atomic E-state index is 12.3. The number of ketones is 1. The zero-order valence-corrected chi connectivity index (χ0v) is 34.1. The van der Waals surface area contributed by atoms with Gasteiger partial charge in [0.1, 0.15) is 5.75 Å². The van der Waals surface area contributed by atoms with Crippen molar-refractivity contribution in [3.05, 3.63) is 77.2 Å². The number of aliphatic hydroxyl groups excluding tert-OH is 1. The van der Waals surface area contributed by atoms with Gasteiger partial charge in [0.25, 0.3) is 0 Å². The third-order valence-corrected chi connectivity index (χ3v) is 9.11. The minimum absolute atomic E-state index is 0. The number of ether oxygens (including phenoxy) is 1. The van der Waals surface area contributed by atoms with Crippen molar-refractivity contribution in [1.82, 2.24) is 4.98 Å². The first-order valence-corrected chi connectivity index (χ1v) is 17.8. The van der Waals surface area contributed by atoms with Crippen LogP contribution in [0, 0.1) is 35.7 Å². The summed E-state index contributed by atoms with van der Waals surface area (Å²) in [4.78, 5) is 16.5. The predicted molar refractivity (Wildman–Crippen MR) is 199 cm³/mol. The van der Waals surface area contributed by atoms with Crippen LogP contribution in [0.25, 0.3) is 32.8 Å². The first-order chi connectivity index (χ1) is 23.2. The number of pyridine rings is 1. The molecule has 0 spiro atoms. The maximum Gasteiger partial charge on any atom is 0.389 e. The average Bonchev–Trinajstić information content (AvgIpc) is 2.99. The molecule has 0 fully saturated rings. The van der Waals surface area contributed by atoms with Crippen molar-refractivity contribution in [2.75, 3.05) is 0 Å². The van der Waals surface area contributed by atoms with E-state index in [1.807, 2.05) is 20.0 Å². The summed E-state index contributed by atoms with van der Waals surface area (Å²) >= 11 is 0. The molecule has 0 aliphatic carbocycles. The van der Waals surface area contributed by atoms with E-state index >= 15 is 0 Å².